The lowest BCUT2D eigenvalue weighted by atomic mass is 9.63. The number of thioether (sulfide) groups is 1. The predicted octanol–water partition coefficient (Wildman–Crippen LogP) is 5.47. The third-order valence-corrected chi connectivity index (χ3v) is 6.11. The molecular formula is C22H25NO2S. The van der Waals surface area contributed by atoms with Gasteiger partial charge >= 0.3 is 0 Å². The molecule has 1 N–H and O–H groups in total. The van der Waals surface area contributed by atoms with Gasteiger partial charge in [0.15, 0.2) is 0 Å². The average molecular weight is 368 g/mol. The Morgan fingerprint density at radius 1 is 0.962 bits per heavy atom. The van der Waals surface area contributed by atoms with E-state index in [9.17, 15) is 9.59 Å². The first-order valence-electron chi connectivity index (χ1n) is 8.92. The third kappa shape index (κ3) is 3.85. The van der Waals surface area contributed by atoms with Crippen LogP contribution in [0.1, 0.15) is 57.2 Å². The average Bonchev–Trinajstić information content (AvgIpc) is 2.89. The fraction of sp³-hybridized carbons (Fsp3) is 0.364. The summed E-state index contributed by atoms with van der Waals surface area (Å²) in [5.41, 5.74) is 4.51. The van der Waals surface area contributed by atoms with Crippen LogP contribution in [-0.2, 0) is 15.6 Å². The van der Waals surface area contributed by atoms with E-state index in [1.54, 1.807) is 12.2 Å². The van der Waals surface area contributed by atoms with E-state index >= 15 is 0 Å². The number of hydrogen-bond donors (Lipinski definition) is 1. The van der Waals surface area contributed by atoms with Crippen molar-refractivity contribution in [1.82, 2.24) is 5.32 Å². The predicted molar refractivity (Wildman–Crippen MR) is 109 cm³/mol. The summed E-state index contributed by atoms with van der Waals surface area (Å²) in [6.07, 6.45) is 11.8. The third-order valence-electron chi connectivity index (χ3n) is 5.28. The topological polar surface area (TPSA) is 46.2 Å². The standard InChI is InChI=1S/C22H25NO2S/c1-21(2)12-13-22(3,4)17-14-15(10-11-16(17)21)8-6-5-7-9-18-19(24)23-20(25)26-18/h5-11,14H,12-13H2,1-4H3,(H,23,24,25)/b7-5+,8-6+,18-9-. The molecule has 0 radical (unpaired) electrons. The molecule has 1 saturated heterocycles. The van der Waals surface area contributed by atoms with Crippen molar-refractivity contribution in [2.75, 3.05) is 0 Å². The van der Waals surface area contributed by atoms with Crippen LogP contribution < -0.4 is 5.32 Å². The molecule has 2 aliphatic rings. The number of fused-ring (bicyclic) bond motifs is 1. The Morgan fingerprint density at radius 3 is 2.31 bits per heavy atom. The Morgan fingerprint density at radius 2 is 1.65 bits per heavy atom. The van der Waals surface area contributed by atoms with Crippen LogP contribution in [0.5, 0.6) is 0 Å². The molecule has 26 heavy (non-hydrogen) atoms. The van der Waals surface area contributed by atoms with Crippen LogP contribution in [0.25, 0.3) is 6.08 Å². The Bertz CT molecular complexity index is 844. The second-order valence-electron chi connectivity index (χ2n) is 8.19. The van der Waals surface area contributed by atoms with Gasteiger partial charge in [0, 0.05) is 0 Å². The summed E-state index contributed by atoms with van der Waals surface area (Å²) in [5, 5.41) is 1.93. The smallest absolute Gasteiger partial charge is 0.282 e. The van der Waals surface area contributed by atoms with E-state index in [2.05, 4.69) is 57.3 Å². The van der Waals surface area contributed by atoms with Crippen molar-refractivity contribution in [1.29, 1.82) is 0 Å². The second kappa shape index (κ2) is 6.92. The molecule has 1 heterocycles. The van der Waals surface area contributed by atoms with Crippen molar-refractivity contribution in [3.8, 4) is 0 Å². The highest BCUT2D eigenvalue weighted by Gasteiger charge is 2.36. The minimum Gasteiger partial charge on any atom is -0.282 e. The fourth-order valence-electron chi connectivity index (χ4n) is 3.52. The van der Waals surface area contributed by atoms with Gasteiger partial charge in [-0.3, -0.25) is 14.9 Å². The van der Waals surface area contributed by atoms with Gasteiger partial charge in [-0.05, 0) is 58.2 Å². The molecule has 0 aromatic heterocycles. The monoisotopic (exact) mass is 367 g/mol. The van der Waals surface area contributed by atoms with Gasteiger partial charge in [-0.2, -0.15) is 0 Å². The SMILES string of the molecule is CC1(C)CCC(C)(C)c2cc(/C=C/C=C/C=C3\SC(=O)NC3=O)ccc21. The van der Waals surface area contributed by atoms with E-state index in [0.29, 0.717) is 4.91 Å². The van der Waals surface area contributed by atoms with E-state index in [-0.39, 0.29) is 22.0 Å². The number of hydrogen-bond acceptors (Lipinski definition) is 3. The number of allylic oxidation sites excluding steroid dienone is 4. The number of benzene rings is 1. The van der Waals surface area contributed by atoms with Gasteiger partial charge in [-0.1, -0.05) is 70.2 Å². The van der Waals surface area contributed by atoms with Crippen molar-refractivity contribution >= 4 is 29.0 Å². The molecule has 0 spiro atoms. The first-order valence-corrected chi connectivity index (χ1v) is 9.74. The van der Waals surface area contributed by atoms with Crippen LogP contribution in [-0.4, -0.2) is 11.1 Å². The Hall–Kier alpha value is -2.07. The van der Waals surface area contributed by atoms with Crippen LogP contribution in [0.4, 0.5) is 4.79 Å². The molecule has 2 amide bonds. The molecule has 136 valence electrons. The van der Waals surface area contributed by atoms with Crippen molar-refractivity contribution in [3.63, 3.8) is 0 Å². The summed E-state index contributed by atoms with van der Waals surface area (Å²) in [6.45, 7) is 9.31. The molecule has 0 bridgehead atoms. The zero-order valence-corrected chi connectivity index (χ0v) is 16.6. The summed E-state index contributed by atoms with van der Waals surface area (Å²) in [4.78, 5) is 23.0. The fourth-order valence-corrected chi connectivity index (χ4v) is 4.15. The van der Waals surface area contributed by atoms with Crippen molar-refractivity contribution in [2.45, 2.75) is 51.4 Å². The Labute approximate surface area is 159 Å². The largest absolute Gasteiger partial charge is 0.290 e. The van der Waals surface area contributed by atoms with E-state index < -0.39 is 0 Å². The number of carbonyl (C=O) groups excluding carboxylic acids is 2. The number of carbonyl (C=O) groups is 2. The van der Waals surface area contributed by atoms with E-state index in [1.807, 2.05) is 12.2 Å². The van der Waals surface area contributed by atoms with Gasteiger partial charge in [0.05, 0.1) is 4.91 Å². The first kappa shape index (κ1) is 18.7. The molecule has 4 heteroatoms. The zero-order valence-electron chi connectivity index (χ0n) is 15.8. The lowest BCUT2D eigenvalue weighted by molar-refractivity contribution is -0.115. The van der Waals surface area contributed by atoms with Gasteiger partial charge in [-0.15, -0.1) is 0 Å². The van der Waals surface area contributed by atoms with Crippen LogP contribution in [0.2, 0.25) is 0 Å². The summed E-state index contributed by atoms with van der Waals surface area (Å²) in [7, 11) is 0. The molecule has 3 nitrogen and oxygen atoms in total. The second-order valence-corrected chi connectivity index (χ2v) is 9.21. The number of rotatable bonds is 3. The summed E-state index contributed by atoms with van der Waals surface area (Å²) in [6, 6.07) is 6.74. The van der Waals surface area contributed by atoms with Crippen LogP contribution >= 0.6 is 11.8 Å². The molecule has 1 aliphatic carbocycles. The van der Waals surface area contributed by atoms with Crippen molar-refractivity contribution in [3.05, 3.63) is 64.1 Å². The number of amides is 2. The highest BCUT2D eigenvalue weighted by Crippen LogP contribution is 2.45. The van der Waals surface area contributed by atoms with Gasteiger partial charge in [0.2, 0.25) is 0 Å². The van der Waals surface area contributed by atoms with E-state index in [0.717, 1.165) is 11.8 Å². The maximum absolute atomic E-state index is 11.4. The lowest BCUT2D eigenvalue weighted by Crippen LogP contribution is -2.33. The van der Waals surface area contributed by atoms with Gasteiger partial charge in [0.1, 0.15) is 0 Å². The molecule has 1 aliphatic heterocycles. The van der Waals surface area contributed by atoms with Crippen LogP contribution in [0, 0.1) is 0 Å². The minimum atomic E-state index is -0.326. The number of imide groups is 1. The maximum Gasteiger partial charge on any atom is 0.290 e. The quantitative estimate of drug-likeness (QED) is 0.569. The van der Waals surface area contributed by atoms with E-state index in [4.69, 9.17) is 0 Å². The van der Waals surface area contributed by atoms with Crippen LogP contribution in [0.15, 0.2) is 47.4 Å². The number of nitrogens with one attached hydrogen (secondary N) is 1. The van der Waals surface area contributed by atoms with Gasteiger partial charge in [0.25, 0.3) is 11.1 Å². The molecular weight excluding hydrogens is 342 g/mol. The molecule has 1 fully saturated rings. The molecule has 3 rings (SSSR count). The normalized spacial score (nSPS) is 23.0. The zero-order chi connectivity index (χ0) is 18.9. The summed E-state index contributed by atoms with van der Waals surface area (Å²) in [5.74, 6) is -0.326. The highest BCUT2D eigenvalue weighted by atomic mass is 32.2. The Kier molecular flexibility index (Phi) is 4.98. The Balaban J connectivity index is 1.76. The summed E-state index contributed by atoms with van der Waals surface area (Å²) >= 11 is 0.929. The maximum atomic E-state index is 11.4. The van der Waals surface area contributed by atoms with Gasteiger partial charge in [-0.25, -0.2) is 0 Å². The molecule has 0 unspecified atom stereocenters. The van der Waals surface area contributed by atoms with Gasteiger partial charge < -0.3 is 0 Å². The van der Waals surface area contributed by atoms with Crippen LogP contribution in [0.3, 0.4) is 0 Å². The minimum absolute atomic E-state index is 0.203. The molecule has 1 aromatic rings. The molecule has 0 atom stereocenters. The highest BCUT2D eigenvalue weighted by molar-refractivity contribution is 8.18. The lowest BCUT2D eigenvalue weighted by Gasteiger charge is -2.42. The molecule has 0 saturated carbocycles. The van der Waals surface area contributed by atoms with Crippen molar-refractivity contribution < 1.29 is 9.59 Å². The molecule has 1 aromatic carbocycles. The van der Waals surface area contributed by atoms with Crippen molar-refractivity contribution in [2.24, 2.45) is 0 Å². The first-order chi connectivity index (χ1) is 12.2. The summed E-state index contributed by atoms with van der Waals surface area (Å²) < 4.78 is 0. The van der Waals surface area contributed by atoms with E-state index in [1.165, 1.54) is 29.5 Å².